The van der Waals surface area contributed by atoms with Gasteiger partial charge in [0.2, 0.25) is 11.1 Å². The minimum absolute atomic E-state index is 0.147. The van der Waals surface area contributed by atoms with Gasteiger partial charge in [-0.05, 0) is 59.8 Å². The van der Waals surface area contributed by atoms with E-state index in [0.717, 1.165) is 0 Å². The highest BCUT2D eigenvalue weighted by atomic mass is 32.2. The van der Waals surface area contributed by atoms with Crippen molar-refractivity contribution in [3.63, 3.8) is 0 Å². The van der Waals surface area contributed by atoms with Gasteiger partial charge in [0.25, 0.3) is 11.8 Å². The lowest BCUT2D eigenvalue weighted by molar-refractivity contribution is -0.122. The monoisotopic (exact) mass is 453 g/mol. The first-order valence-corrected chi connectivity index (χ1v) is 10.6. The first kappa shape index (κ1) is 21.3. The number of benzene rings is 2. The van der Waals surface area contributed by atoms with Crippen LogP contribution in [0, 0.1) is 0 Å². The molecular formula is C20H19N7O4S. The maximum atomic E-state index is 12.6. The molecular weight excluding hydrogens is 434 g/mol. The van der Waals surface area contributed by atoms with Gasteiger partial charge < -0.3 is 20.7 Å². The molecule has 0 saturated heterocycles. The number of hydrogen-bond acceptors (Lipinski definition) is 8. The first-order valence-electron chi connectivity index (χ1n) is 9.57. The average molecular weight is 453 g/mol. The zero-order valence-electron chi connectivity index (χ0n) is 17.2. The second-order valence-electron chi connectivity index (χ2n) is 6.91. The number of tetrazole rings is 1. The molecule has 3 amide bonds. The third kappa shape index (κ3) is 4.86. The number of carbonyl (C=O) groups excluding carboxylic acids is 3. The molecule has 164 valence electrons. The van der Waals surface area contributed by atoms with Crippen LogP contribution in [0.2, 0.25) is 0 Å². The van der Waals surface area contributed by atoms with Gasteiger partial charge in [0.15, 0.2) is 6.10 Å². The molecule has 32 heavy (non-hydrogen) atoms. The van der Waals surface area contributed by atoms with Gasteiger partial charge in [-0.1, -0.05) is 11.8 Å². The van der Waals surface area contributed by atoms with E-state index >= 15 is 0 Å². The molecule has 0 aliphatic carbocycles. The number of aryl methyl sites for hydroxylation is 1. The van der Waals surface area contributed by atoms with E-state index in [1.807, 2.05) is 0 Å². The van der Waals surface area contributed by atoms with Crippen LogP contribution < -0.4 is 20.7 Å². The van der Waals surface area contributed by atoms with E-state index in [0.29, 0.717) is 33.5 Å². The highest BCUT2D eigenvalue weighted by molar-refractivity contribution is 7.99. The highest BCUT2D eigenvalue weighted by Crippen LogP contribution is 2.32. The summed E-state index contributed by atoms with van der Waals surface area (Å²) in [4.78, 5) is 36.4. The Morgan fingerprint density at radius 1 is 1.16 bits per heavy atom. The Bertz CT molecular complexity index is 1180. The summed E-state index contributed by atoms with van der Waals surface area (Å²) in [6.07, 6.45) is -0.565. The van der Waals surface area contributed by atoms with Crippen LogP contribution in [-0.4, -0.2) is 49.8 Å². The Morgan fingerprint density at radius 3 is 2.62 bits per heavy atom. The molecule has 0 saturated carbocycles. The summed E-state index contributed by atoms with van der Waals surface area (Å²) in [5, 5.41) is 19.8. The molecule has 3 N–H and O–H groups in total. The predicted molar refractivity (Wildman–Crippen MR) is 118 cm³/mol. The Kier molecular flexibility index (Phi) is 6.03. The molecule has 2 heterocycles. The number of thioether (sulfide) groups is 1. The zero-order valence-corrected chi connectivity index (χ0v) is 18.0. The van der Waals surface area contributed by atoms with Crippen LogP contribution in [0.4, 0.5) is 17.1 Å². The van der Waals surface area contributed by atoms with Gasteiger partial charge in [0.05, 0.1) is 11.4 Å². The molecule has 0 unspecified atom stereocenters. The summed E-state index contributed by atoms with van der Waals surface area (Å²) < 4.78 is 6.99. The van der Waals surface area contributed by atoms with Crippen LogP contribution in [0.1, 0.15) is 17.3 Å². The van der Waals surface area contributed by atoms with Crippen molar-refractivity contribution in [2.75, 3.05) is 21.7 Å². The normalized spacial score (nSPS) is 14.7. The summed E-state index contributed by atoms with van der Waals surface area (Å²) in [7, 11) is 1.69. The van der Waals surface area contributed by atoms with E-state index in [9.17, 15) is 14.4 Å². The van der Waals surface area contributed by atoms with Crippen molar-refractivity contribution in [1.29, 1.82) is 0 Å². The highest BCUT2D eigenvalue weighted by Gasteiger charge is 2.23. The van der Waals surface area contributed by atoms with Gasteiger partial charge in [0.1, 0.15) is 5.75 Å². The van der Waals surface area contributed by atoms with Gasteiger partial charge in [-0.25, -0.2) is 4.68 Å². The SMILES string of the molecule is C[C@H]1Oc2ccc(NC(=O)c3ccc(NC(=O)CSc4nnnn4C)cc3)cc2NC1=O. The Morgan fingerprint density at radius 2 is 1.91 bits per heavy atom. The van der Waals surface area contributed by atoms with Crippen molar-refractivity contribution in [3.8, 4) is 5.75 Å². The molecule has 3 aromatic rings. The number of anilines is 3. The summed E-state index contributed by atoms with van der Waals surface area (Å²) in [5.41, 5.74) is 1.99. The molecule has 4 rings (SSSR count). The van der Waals surface area contributed by atoms with E-state index in [1.54, 1.807) is 56.4 Å². The number of ether oxygens (including phenoxy) is 1. The topological polar surface area (TPSA) is 140 Å². The fraction of sp³-hybridized carbons (Fsp3) is 0.200. The average Bonchev–Trinajstić information content (AvgIpc) is 3.18. The van der Waals surface area contributed by atoms with E-state index in [1.165, 1.54) is 16.4 Å². The lowest BCUT2D eigenvalue weighted by Crippen LogP contribution is -2.34. The van der Waals surface area contributed by atoms with Gasteiger partial charge in [0, 0.05) is 24.0 Å². The molecule has 0 radical (unpaired) electrons. The van der Waals surface area contributed by atoms with Crippen molar-refractivity contribution < 1.29 is 19.1 Å². The van der Waals surface area contributed by atoms with Gasteiger partial charge in [-0.15, -0.1) is 5.10 Å². The molecule has 1 aliphatic heterocycles. The number of amides is 3. The number of fused-ring (bicyclic) bond motifs is 1. The molecule has 1 atom stereocenters. The molecule has 1 aliphatic rings. The van der Waals surface area contributed by atoms with Crippen LogP contribution in [-0.2, 0) is 16.6 Å². The number of nitrogens with zero attached hydrogens (tertiary/aromatic N) is 4. The smallest absolute Gasteiger partial charge is 0.265 e. The van der Waals surface area contributed by atoms with Crippen molar-refractivity contribution >= 4 is 46.5 Å². The Balaban J connectivity index is 1.33. The van der Waals surface area contributed by atoms with E-state index < -0.39 is 6.10 Å². The largest absolute Gasteiger partial charge is 0.479 e. The lowest BCUT2D eigenvalue weighted by Gasteiger charge is -2.23. The minimum Gasteiger partial charge on any atom is -0.479 e. The van der Waals surface area contributed by atoms with E-state index in [-0.39, 0.29) is 23.5 Å². The Labute approximate surface area is 186 Å². The molecule has 2 aromatic carbocycles. The fourth-order valence-electron chi connectivity index (χ4n) is 2.87. The fourth-order valence-corrected chi connectivity index (χ4v) is 3.52. The van der Waals surface area contributed by atoms with E-state index in [4.69, 9.17) is 4.74 Å². The van der Waals surface area contributed by atoms with Gasteiger partial charge in [-0.3, -0.25) is 14.4 Å². The number of aromatic nitrogens is 4. The second-order valence-corrected chi connectivity index (χ2v) is 7.86. The summed E-state index contributed by atoms with van der Waals surface area (Å²) in [6.45, 7) is 1.66. The number of rotatable bonds is 6. The molecule has 11 nitrogen and oxygen atoms in total. The van der Waals surface area contributed by atoms with Crippen molar-refractivity contribution in [1.82, 2.24) is 20.2 Å². The van der Waals surface area contributed by atoms with E-state index in [2.05, 4.69) is 31.5 Å². The molecule has 0 bridgehead atoms. The predicted octanol–water partition coefficient (Wildman–Crippen LogP) is 1.91. The quantitative estimate of drug-likeness (QED) is 0.481. The molecule has 0 fully saturated rings. The van der Waals surface area contributed by atoms with Crippen molar-refractivity contribution in [3.05, 3.63) is 48.0 Å². The molecule has 0 spiro atoms. The van der Waals surface area contributed by atoms with Gasteiger partial charge in [-0.2, -0.15) is 0 Å². The zero-order chi connectivity index (χ0) is 22.7. The van der Waals surface area contributed by atoms with Crippen LogP contribution in [0.15, 0.2) is 47.6 Å². The van der Waals surface area contributed by atoms with Gasteiger partial charge >= 0.3 is 0 Å². The number of hydrogen-bond donors (Lipinski definition) is 3. The lowest BCUT2D eigenvalue weighted by atomic mass is 10.1. The maximum Gasteiger partial charge on any atom is 0.265 e. The summed E-state index contributed by atoms with van der Waals surface area (Å²) >= 11 is 1.22. The van der Waals surface area contributed by atoms with Crippen molar-refractivity contribution in [2.24, 2.45) is 7.05 Å². The minimum atomic E-state index is -0.565. The first-order chi connectivity index (χ1) is 15.4. The third-order valence-electron chi connectivity index (χ3n) is 4.51. The second kappa shape index (κ2) is 9.06. The number of nitrogens with one attached hydrogen (secondary N) is 3. The standard InChI is InChI=1S/C20H19N7O4S/c1-11-18(29)23-15-9-14(7-8-16(15)31-11)22-19(30)12-3-5-13(6-4-12)21-17(28)10-32-20-24-25-26-27(20)2/h3-9,11H,10H2,1-2H3,(H,21,28)(H,22,30)(H,23,29)/t11-/m1/s1. The van der Waals surface area contributed by atoms with Crippen molar-refractivity contribution in [2.45, 2.75) is 18.2 Å². The summed E-state index contributed by atoms with van der Waals surface area (Å²) in [6, 6.07) is 11.5. The maximum absolute atomic E-state index is 12.6. The van der Waals surface area contributed by atoms with Crippen LogP contribution in [0.3, 0.4) is 0 Å². The molecule has 1 aromatic heterocycles. The summed E-state index contributed by atoms with van der Waals surface area (Å²) in [5.74, 6) is -0.102. The third-order valence-corrected chi connectivity index (χ3v) is 5.52. The van der Waals surface area contributed by atoms with Crippen LogP contribution >= 0.6 is 11.8 Å². The van der Waals surface area contributed by atoms with Crippen LogP contribution in [0.5, 0.6) is 5.75 Å². The Hall–Kier alpha value is -3.93. The van der Waals surface area contributed by atoms with Crippen LogP contribution in [0.25, 0.3) is 0 Å². The number of carbonyl (C=O) groups is 3. The molecule has 12 heteroatoms.